The summed E-state index contributed by atoms with van der Waals surface area (Å²) >= 11 is 1.50. The molecule has 0 amide bonds. The molecule has 2 heterocycles. The van der Waals surface area contributed by atoms with E-state index in [4.69, 9.17) is 4.98 Å². The number of benzene rings is 1. The molecule has 2 aromatic heterocycles. The molecule has 1 atom stereocenters. The standard InChI is InChI=1S/C20H22N4OS/c1-5-11-26-19-22-23(4)18-21-16-14-10-8-7-9-13(14)12-20(3,6-2)15(16)17(25)24(18)19/h5,7-10H,1,6,11-12H2,2-4H3/t20-/m1/s1. The molecule has 0 aliphatic heterocycles. The van der Waals surface area contributed by atoms with Crippen molar-refractivity contribution in [2.24, 2.45) is 7.05 Å². The van der Waals surface area contributed by atoms with E-state index in [1.165, 1.54) is 17.3 Å². The van der Waals surface area contributed by atoms with Crippen LogP contribution in [-0.2, 0) is 18.9 Å². The summed E-state index contributed by atoms with van der Waals surface area (Å²) in [7, 11) is 1.83. The molecule has 0 N–H and O–H groups in total. The fourth-order valence-corrected chi connectivity index (χ4v) is 4.54. The first-order valence-electron chi connectivity index (χ1n) is 8.82. The number of hydrogen-bond acceptors (Lipinski definition) is 4. The van der Waals surface area contributed by atoms with Gasteiger partial charge in [-0.05, 0) is 18.4 Å². The number of rotatable bonds is 4. The van der Waals surface area contributed by atoms with Gasteiger partial charge >= 0.3 is 0 Å². The quantitative estimate of drug-likeness (QED) is 0.523. The summed E-state index contributed by atoms with van der Waals surface area (Å²) < 4.78 is 3.35. The Balaban J connectivity index is 2.10. The molecular formula is C20H22N4OS. The van der Waals surface area contributed by atoms with E-state index in [2.05, 4.69) is 43.7 Å². The molecule has 0 saturated carbocycles. The Hall–Kier alpha value is -2.34. The Labute approximate surface area is 156 Å². The van der Waals surface area contributed by atoms with Crippen LogP contribution in [0.5, 0.6) is 0 Å². The van der Waals surface area contributed by atoms with Crippen molar-refractivity contribution >= 4 is 17.5 Å². The third-order valence-electron chi connectivity index (χ3n) is 5.35. The third-order valence-corrected chi connectivity index (χ3v) is 6.27. The number of nitrogens with zero attached hydrogens (tertiary/aromatic N) is 4. The fourth-order valence-electron chi connectivity index (χ4n) is 3.80. The fraction of sp³-hybridized carbons (Fsp3) is 0.350. The average Bonchev–Trinajstić information content (AvgIpc) is 2.96. The molecular weight excluding hydrogens is 344 g/mol. The van der Waals surface area contributed by atoms with E-state index in [1.54, 1.807) is 9.08 Å². The van der Waals surface area contributed by atoms with Crippen LogP contribution in [0.2, 0.25) is 0 Å². The highest BCUT2D eigenvalue weighted by Crippen LogP contribution is 2.42. The van der Waals surface area contributed by atoms with E-state index in [9.17, 15) is 4.79 Å². The normalized spacial score (nSPS) is 18.6. The van der Waals surface area contributed by atoms with Crippen molar-refractivity contribution in [1.29, 1.82) is 0 Å². The maximum Gasteiger partial charge on any atom is 0.265 e. The molecule has 26 heavy (non-hydrogen) atoms. The van der Waals surface area contributed by atoms with Crippen LogP contribution in [0.15, 0.2) is 46.9 Å². The van der Waals surface area contributed by atoms with Gasteiger partial charge in [0, 0.05) is 23.8 Å². The lowest BCUT2D eigenvalue weighted by Crippen LogP contribution is -2.37. The second-order valence-corrected chi connectivity index (χ2v) is 8.02. The van der Waals surface area contributed by atoms with Crippen molar-refractivity contribution < 1.29 is 0 Å². The van der Waals surface area contributed by atoms with Crippen LogP contribution in [0, 0.1) is 0 Å². The Morgan fingerprint density at radius 1 is 1.38 bits per heavy atom. The van der Waals surface area contributed by atoms with Crippen LogP contribution >= 0.6 is 11.8 Å². The van der Waals surface area contributed by atoms with E-state index in [1.807, 2.05) is 19.2 Å². The van der Waals surface area contributed by atoms with Crippen LogP contribution < -0.4 is 5.56 Å². The van der Waals surface area contributed by atoms with Gasteiger partial charge in [0.05, 0.1) is 11.3 Å². The third kappa shape index (κ3) is 2.35. The molecule has 5 nitrogen and oxygen atoms in total. The van der Waals surface area contributed by atoms with Crippen molar-refractivity contribution in [3.8, 4) is 11.3 Å². The molecule has 0 radical (unpaired) electrons. The van der Waals surface area contributed by atoms with Gasteiger partial charge in [0.15, 0.2) is 5.16 Å². The molecule has 0 unspecified atom stereocenters. The van der Waals surface area contributed by atoms with Crippen molar-refractivity contribution in [3.63, 3.8) is 0 Å². The second-order valence-electron chi connectivity index (χ2n) is 7.03. The SMILES string of the molecule is C=CCSc1nn(C)c2nc3c(c(=O)n12)[C@](C)(CC)Cc1ccccc1-3. The van der Waals surface area contributed by atoms with E-state index < -0.39 is 0 Å². The van der Waals surface area contributed by atoms with Crippen LogP contribution in [0.1, 0.15) is 31.4 Å². The van der Waals surface area contributed by atoms with E-state index in [0.717, 1.165) is 29.7 Å². The predicted molar refractivity (Wildman–Crippen MR) is 106 cm³/mol. The smallest absolute Gasteiger partial charge is 0.265 e. The summed E-state index contributed by atoms with van der Waals surface area (Å²) in [6.07, 6.45) is 3.55. The zero-order valence-corrected chi connectivity index (χ0v) is 16.1. The van der Waals surface area contributed by atoms with Gasteiger partial charge in [-0.3, -0.25) is 4.79 Å². The molecule has 4 rings (SSSR count). The molecule has 0 spiro atoms. The minimum Gasteiger partial charge on any atom is -0.268 e. The first-order chi connectivity index (χ1) is 12.5. The Kier molecular flexibility index (Phi) is 4.03. The number of thioether (sulfide) groups is 1. The number of fused-ring (bicyclic) bond motifs is 4. The minimum absolute atomic E-state index is 0.00325. The number of aryl methyl sites for hydroxylation is 1. The summed E-state index contributed by atoms with van der Waals surface area (Å²) in [4.78, 5) is 18.5. The van der Waals surface area contributed by atoms with Crippen molar-refractivity contribution in [1.82, 2.24) is 19.2 Å². The Morgan fingerprint density at radius 2 is 2.15 bits per heavy atom. The molecule has 0 saturated heterocycles. The Bertz CT molecular complexity index is 1080. The van der Waals surface area contributed by atoms with Gasteiger partial charge < -0.3 is 0 Å². The number of aromatic nitrogens is 4. The molecule has 0 fully saturated rings. The summed E-state index contributed by atoms with van der Waals surface area (Å²) in [6.45, 7) is 8.07. The minimum atomic E-state index is -0.231. The van der Waals surface area contributed by atoms with Gasteiger partial charge in [0.25, 0.3) is 5.56 Å². The van der Waals surface area contributed by atoms with Crippen LogP contribution in [0.3, 0.4) is 0 Å². The molecule has 1 aliphatic rings. The van der Waals surface area contributed by atoms with Gasteiger partial charge in [-0.2, -0.15) is 0 Å². The molecule has 0 bridgehead atoms. The largest absolute Gasteiger partial charge is 0.268 e. The molecule has 1 aliphatic carbocycles. The Morgan fingerprint density at radius 3 is 2.88 bits per heavy atom. The van der Waals surface area contributed by atoms with Gasteiger partial charge in [-0.15, -0.1) is 11.7 Å². The summed E-state index contributed by atoms with van der Waals surface area (Å²) in [6, 6.07) is 8.27. The maximum absolute atomic E-state index is 13.6. The molecule has 134 valence electrons. The molecule has 3 aromatic rings. The van der Waals surface area contributed by atoms with Crippen molar-refractivity contribution in [2.45, 2.75) is 37.3 Å². The molecule has 1 aromatic carbocycles. The summed E-state index contributed by atoms with van der Waals surface area (Å²) in [5, 5.41) is 5.19. The van der Waals surface area contributed by atoms with Gasteiger partial charge in [-0.25, -0.2) is 14.1 Å². The maximum atomic E-state index is 13.6. The van der Waals surface area contributed by atoms with Gasteiger partial charge in [-0.1, -0.05) is 56.0 Å². The second kappa shape index (κ2) is 6.13. The highest BCUT2D eigenvalue weighted by atomic mass is 32.2. The van der Waals surface area contributed by atoms with E-state index in [-0.39, 0.29) is 11.0 Å². The lowest BCUT2D eigenvalue weighted by atomic mass is 9.69. The molecule has 6 heteroatoms. The average molecular weight is 366 g/mol. The first kappa shape index (κ1) is 17.1. The van der Waals surface area contributed by atoms with Crippen LogP contribution in [-0.4, -0.2) is 24.9 Å². The van der Waals surface area contributed by atoms with Crippen molar-refractivity contribution in [3.05, 3.63) is 58.4 Å². The lowest BCUT2D eigenvalue weighted by molar-refractivity contribution is 0.439. The van der Waals surface area contributed by atoms with Gasteiger partial charge in [0.1, 0.15) is 0 Å². The highest BCUT2D eigenvalue weighted by Gasteiger charge is 2.38. The van der Waals surface area contributed by atoms with Crippen molar-refractivity contribution in [2.75, 3.05) is 5.75 Å². The lowest BCUT2D eigenvalue weighted by Gasteiger charge is -2.34. The zero-order chi connectivity index (χ0) is 18.5. The highest BCUT2D eigenvalue weighted by molar-refractivity contribution is 7.99. The summed E-state index contributed by atoms with van der Waals surface area (Å²) in [5.74, 6) is 1.28. The monoisotopic (exact) mass is 366 g/mol. The first-order valence-corrected chi connectivity index (χ1v) is 9.81. The zero-order valence-electron chi connectivity index (χ0n) is 15.3. The van der Waals surface area contributed by atoms with Crippen LogP contribution in [0.4, 0.5) is 0 Å². The number of hydrogen-bond donors (Lipinski definition) is 0. The summed E-state index contributed by atoms with van der Waals surface area (Å²) in [5.41, 5.74) is 3.71. The van der Waals surface area contributed by atoms with E-state index in [0.29, 0.717) is 16.7 Å². The van der Waals surface area contributed by atoms with Crippen LogP contribution in [0.25, 0.3) is 17.0 Å². The van der Waals surface area contributed by atoms with E-state index >= 15 is 0 Å². The van der Waals surface area contributed by atoms with Gasteiger partial charge in [0.2, 0.25) is 5.78 Å². The predicted octanol–water partition coefficient (Wildman–Crippen LogP) is 3.60. The topological polar surface area (TPSA) is 52.2 Å².